The number of ether oxygens (including phenoxy) is 1. The average Bonchev–Trinajstić information content (AvgIpc) is 3.25. The molecule has 1 atom stereocenters. The van der Waals surface area contributed by atoms with Gasteiger partial charge in [0.25, 0.3) is 0 Å². The number of aliphatic imine (C=N–C) groups is 1. The van der Waals surface area contributed by atoms with Gasteiger partial charge in [0, 0.05) is 53.3 Å². The number of hydrogen-bond donors (Lipinski definition) is 2. The first-order valence-electron chi connectivity index (χ1n) is 8.55. The van der Waals surface area contributed by atoms with Crippen LogP contribution in [0.25, 0.3) is 11.0 Å². The van der Waals surface area contributed by atoms with Gasteiger partial charge in [-0.2, -0.15) is 5.10 Å². The first-order valence-corrected chi connectivity index (χ1v) is 8.55. The Kier molecular flexibility index (Phi) is 5.64. The Morgan fingerprint density at radius 3 is 3.08 bits per heavy atom. The van der Waals surface area contributed by atoms with Gasteiger partial charge in [-0.1, -0.05) is 0 Å². The van der Waals surface area contributed by atoms with Gasteiger partial charge in [0.05, 0.1) is 18.2 Å². The summed E-state index contributed by atoms with van der Waals surface area (Å²) in [5.74, 6) is 2.27. The van der Waals surface area contributed by atoms with E-state index in [1.165, 1.54) is 0 Å². The number of rotatable bonds is 6. The third kappa shape index (κ3) is 4.16. The summed E-state index contributed by atoms with van der Waals surface area (Å²) in [4.78, 5) is 15.1. The van der Waals surface area contributed by atoms with E-state index in [0.29, 0.717) is 5.92 Å². The summed E-state index contributed by atoms with van der Waals surface area (Å²) in [6.45, 7) is 4.13. The first-order chi connectivity index (χ1) is 12.2. The van der Waals surface area contributed by atoms with Crippen LogP contribution in [-0.4, -0.2) is 77.6 Å². The number of aromatic nitrogens is 4. The van der Waals surface area contributed by atoms with Crippen molar-refractivity contribution >= 4 is 22.8 Å². The van der Waals surface area contributed by atoms with Crippen molar-refractivity contribution < 1.29 is 4.74 Å². The maximum absolute atomic E-state index is 5.44. The average molecular weight is 346 g/mol. The van der Waals surface area contributed by atoms with E-state index in [4.69, 9.17) is 4.74 Å². The fourth-order valence-electron chi connectivity index (χ4n) is 3.04. The zero-order valence-corrected chi connectivity index (χ0v) is 15.1. The van der Waals surface area contributed by atoms with Gasteiger partial charge in [-0.15, -0.1) is 0 Å². The van der Waals surface area contributed by atoms with E-state index < -0.39 is 0 Å². The molecule has 3 heterocycles. The van der Waals surface area contributed by atoms with Gasteiger partial charge in [0.2, 0.25) is 0 Å². The molecule has 0 bridgehead atoms. The van der Waals surface area contributed by atoms with Gasteiger partial charge in [0.15, 0.2) is 11.6 Å². The van der Waals surface area contributed by atoms with Crippen LogP contribution in [0.15, 0.2) is 17.5 Å². The predicted octanol–water partition coefficient (Wildman–Crippen LogP) is 0.319. The third-order valence-electron chi connectivity index (χ3n) is 4.36. The fraction of sp³-hybridized carbons (Fsp3) is 0.625. The number of aryl methyl sites for hydroxylation is 1. The molecule has 136 valence electrons. The lowest BCUT2D eigenvalue weighted by Gasteiger charge is -2.24. The van der Waals surface area contributed by atoms with Crippen molar-refractivity contribution in [2.45, 2.75) is 6.42 Å². The van der Waals surface area contributed by atoms with Crippen LogP contribution in [0, 0.1) is 5.92 Å². The van der Waals surface area contributed by atoms with Crippen molar-refractivity contribution in [1.29, 1.82) is 0 Å². The lowest BCUT2D eigenvalue weighted by atomic mass is 10.1. The highest BCUT2D eigenvalue weighted by molar-refractivity contribution is 5.86. The first kappa shape index (κ1) is 17.4. The van der Waals surface area contributed by atoms with Crippen LogP contribution >= 0.6 is 0 Å². The smallest absolute Gasteiger partial charge is 0.193 e. The van der Waals surface area contributed by atoms with Crippen LogP contribution in [-0.2, 0) is 11.8 Å². The number of hydrogen-bond acceptors (Lipinski definition) is 6. The highest BCUT2D eigenvalue weighted by Crippen LogP contribution is 2.17. The molecule has 9 heteroatoms. The molecule has 0 aliphatic carbocycles. The minimum absolute atomic E-state index is 0.585. The van der Waals surface area contributed by atoms with E-state index in [1.54, 1.807) is 24.3 Å². The maximum Gasteiger partial charge on any atom is 0.193 e. The Bertz CT molecular complexity index is 722. The molecule has 1 unspecified atom stereocenters. The lowest BCUT2D eigenvalue weighted by molar-refractivity contribution is 0.181. The molecule has 1 aliphatic rings. The summed E-state index contributed by atoms with van der Waals surface area (Å²) in [6, 6.07) is 0. The molecule has 1 fully saturated rings. The monoisotopic (exact) mass is 346 g/mol. The summed E-state index contributed by atoms with van der Waals surface area (Å²) in [5.41, 5.74) is 0.819. The zero-order chi connectivity index (χ0) is 17.6. The van der Waals surface area contributed by atoms with Crippen LogP contribution in [0.1, 0.15) is 6.42 Å². The van der Waals surface area contributed by atoms with Crippen molar-refractivity contribution in [3.05, 3.63) is 12.5 Å². The number of fused-ring (bicyclic) bond motifs is 1. The van der Waals surface area contributed by atoms with Crippen molar-refractivity contribution in [1.82, 2.24) is 30.0 Å². The topological polar surface area (TPSA) is 92.5 Å². The summed E-state index contributed by atoms with van der Waals surface area (Å²) < 4.78 is 7.18. The van der Waals surface area contributed by atoms with Crippen LogP contribution < -0.4 is 10.6 Å². The van der Waals surface area contributed by atoms with E-state index in [9.17, 15) is 0 Å². The SMILES string of the molecule is CN=C(NCCNc1ncnc2c1cnn2C)N(C)CC1CCOC1. The summed E-state index contributed by atoms with van der Waals surface area (Å²) >= 11 is 0. The molecule has 1 aliphatic heterocycles. The van der Waals surface area contributed by atoms with Crippen molar-refractivity contribution in [3.8, 4) is 0 Å². The molecule has 1 saturated heterocycles. The molecule has 3 rings (SSSR count). The summed E-state index contributed by atoms with van der Waals surface area (Å²) in [6.07, 6.45) is 4.45. The molecule has 2 N–H and O–H groups in total. The highest BCUT2D eigenvalue weighted by atomic mass is 16.5. The minimum atomic E-state index is 0.585. The number of guanidine groups is 1. The molecule has 0 spiro atoms. The standard InChI is InChI=1S/C16H26N8O/c1-17-16(23(2)9-12-4-7-25-10-12)19-6-5-18-14-13-8-22-24(3)15(13)21-11-20-14/h8,11-12H,4-7,9-10H2,1-3H3,(H,17,19)(H,18,20,21). The van der Waals surface area contributed by atoms with E-state index in [2.05, 4.69) is 42.6 Å². The van der Waals surface area contributed by atoms with Gasteiger partial charge in [-0.05, 0) is 6.42 Å². The number of nitrogens with zero attached hydrogens (tertiary/aromatic N) is 6. The Hall–Kier alpha value is -2.42. The Labute approximate surface area is 147 Å². The summed E-state index contributed by atoms with van der Waals surface area (Å²) in [5, 5.41) is 11.9. The number of nitrogens with one attached hydrogen (secondary N) is 2. The van der Waals surface area contributed by atoms with Crippen LogP contribution in [0.4, 0.5) is 5.82 Å². The molecule has 0 aromatic carbocycles. The summed E-state index contributed by atoms with van der Waals surface area (Å²) in [7, 11) is 5.74. The van der Waals surface area contributed by atoms with E-state index in [0.717, 1.165) is 62.1 Å². The molecular weight excluding hydrogens is 320 g/mol. The van der Waals surface area contributed by atoms with Crippen molar-refractivity contribution in [2.24, 2.45) is 18.0 Å². The van der Waals surface area contributed by atoms with Gasteiger partial charge < -0.3 is 20.3 Å². The third-order valence-corrected chi connectivity index (χ3v) is 4.36. The predicted molar refractivity (Wildman–Crippen MR) is 97.7 cm³/mol. The van der Waals surface area contributed by atoms with Crippen molar-refractivity contribution in [2.75, 3.05) is 52.3 Å². The number of anilines is 1. The molecule has 9 nitrogen and oxygen atoms in total. The maximum atomic E-state index is 5.44. The Morgan fingerprint density at radius 2 is 2.32 bits per heavy atom. The zero-order valence-electron chi connectivity index (χ0n) is 15.1. The normalized spacial score (nSPS) is 17.9. The quantitative estimate of drug-likeness (QED) is 0.442. The van der Waals surface area contributed by atoms with E-state index >= 15 is 0 Å². The van der Waals surface area contributed by atoms with Gasteiger partial charge in [-0.3, -0.25) is 9.67 Å². The lowest BCUT2D eigenvalue weighted by Crippen LogP contribution is -2.43. The molecular formula is C16H26N8O. The second kappa shape index (κ2) is 8.11. The molecule has 0 radical (unpaired) electrons. The molecule has 25 heavy (non-hydrogen) atoms. The fourth-order valence-corrected chi connectivity index (χ4v) is 3.04. The largest absolute Gasteiger partial charge is 0.381 e. The van der Waals surface area contributed by atoms with Gasteiger partial charge in [0.1, 0.15) is 12.1 Å². The second-order valence-electron chi connectivity index (χ2n) is 6.24. The second-order valence-corrected chi connectivity index (χ2v) is 6.24. The molecule has 2 aromatic heterocycles. The van der Waals surface area contributed by atoms with Crippen molar-refractivity contribution in [3.63, 3.8) is 0 Å². The minimum Gasteiger partial charge on any atom is -0.381 e. The van der Waals surface area contributed by atoms with Gasteiger partial charge in [-0.25, -0.2) is 9.97 Å². The van der Waals surface area contributed by atoms with Crippen LogP contribution in [0.5, 0.6) is 0 Å². The molecule has 0 saturated carbocycles. The Morgan fingerprint density at radius 1 is 1.44 bits per heavy atom. The highest BCUT2D eigenvalue weighted by Gasteiger charge is 2.18. The van der Waals surface area contributed by atoms with E-state index in [-0.39, 0.29) is 0 Å². The van der Waals surface area contributed by atoms with E-state index in [1.807, 2.05) is 7.05 Å². The van der Waals surface area contributed by atoms with Crippen LogP contribution in [0.2, 0.25) is 0 Å². The molecule has 2 aromatic rings. The Balaban J connectivity index is 1.48. The molecule has 0 amide bonds. The van der Waals surface area contributed by atoms with Gasteiger partial charge >= 0.3 is 0 Å². The van der Waals surface area contributed by atoms with Crippen LogP contribution in [0.3, 0.4) is 0 Å².